The number of aromatic nitrogens is 2. The standard InChI is InChI=1S/C15H23N3S/c1-5-13(14-7-6-8-19-14)17-15-16-12(4)10-18(15)9-11(2)3/h6-8,10-11,13H,5,9H2,1-4H3,(H,16,17). The lowest BCUT2D eigenvalue weighted by Gasteiger charge is -2.18. The molecule has 1 atom stereocenters. The molecule has 0 aliphatic rings. The molecule has 2 heterocycles. The highest BCUT2D eigenvalue weighted by molar-refractivity contribution is 7.10. The molecular formula is C15H23N3S. The minimum atomic E-state index is 0.354. The van der Waals surface area contributed by atoms with Gasteiger partial charge in [0.2, 0.25) is 5.95 Å². The number of aryl methyl sites for hydroxylation is 1. The van der Waals surface area contributed by atoms with E-state index in [4.69, 9.17) is 0 Å². The fourth-order valence-electron chi connectivity index (χ4n) is 2.21. The van der Waals surface area contributed by atoms with Crippen molar-refractivity contribution in [2.75, 3.05) is 5.32 Å². The predicted octanol–water partition coefficient (Wildman–Crippen LogP) is 4.47. The first-order valence-electron chi connectivity index (χ1n) is 6.93. The Kier molecular flexibility index (Phi) is 4.64. The Balaban J connectivity index is 2.17. The molecule has 3 nitrogen and oxygen atoms in total. The van der Waals surface area contributed by atoms with Gasteiger partial charge in [-0.2, -0.15) is 0 Å². The smallest absolute Gasteiger partial charge is 0.203 e. The number of thiophene rings is 1. The number of nitrogens with one attached hydrogen (secondary N) is 1. The molecule has 0 saturated heterocycles. The maximum absolute atomic E-state index is 4.62. The van der Waals surface area contributed by atoms with E-state index in [1.807, 2.05) is 6.92 Å². The highest BCUT2D eigenvalue weighted by Gasteiger charge is 2.14. The van der Waals surface area contributed by atoms with E-state index in [2.05, 4.69) is 59.3 Å². The van der Waals surface area contributed by atoms with Gasteiger partial charge in [0.25, 0.3) is 0 Å². The van der Waals surface area contributed by atoms with Gasteiger partial charge in [-0.1, -0.05) is 26.8 Å². The second-order valence-electron chi connectivity index (χ2n) is 5.37. The van der Waals surface area contributed by atoms with E-state index >= 15 is 0 Å². The number of imidazole rings is 1. The summed E-state index contributed by atoms with van der Waals surface area (Å²) < 4.78 is 2.23. The summed E-state index contributed by atoms with van der Waals surface area (Å²) in [6, 6.07) is 4.65. The minimum absolute atomic E-state index is 0.354. The van der Waals surface area contributed by atoms with Gasteiger partial charge < -0.3 is 9.88 Å². The van der Waals surface area contributed by atoms with E-state index in [1.54, 1.807) is 11.3 Å². The molecule has 4 heteroatoms. The van der Waals surface area contributed by atoms with Crippen molar-refractivity contribution in [2.45, 2.75) is 46.7 Å². The highest BCUT2D eigenvalue weighted by Crippen LogP contribution is 2.26. The van der Waals surface area contributed by atoms with Gasteiger partial charge in [0.05, 0.1) is 11.7 Å². The summed E-state index contributed by atoms with van der Waals surface area (Å²) in [5.41, 5.74) is 1.07. The van der Waals surface area contributed by atoms with Crippen molar-refractivity contribution < 1.29 is 0 Å². The molecular weight excluding hydrogens is 254 g/mol. The van der Waals surface area contributed by atoms with Crippen molar-refractivity contribution in [3.8, 4) is 0 Å². The van der Waals surface area contributed by atoms with E-state index in [9.17, 15) is 0 Å². The van der Waals surface area contributed by atoms with Crippen LogP contribution in [0.4, 0.5) is 5.95 Å². The van der Waals surface area contributed by atoms with Crippen LogP contribution in [0, 0.1) is 12.8 Å². The van der Waals surface area contributed by atoms with Gasteiger partial charge in [-0.3, -0.25) is 0 Å². The Bertz CT molecular complexity index is 499. The zero-order valence-electron chi connectivity index (χ0n) is 12.2. The van der Waals surface area contributed by atoms with Gasteiger partial charge in [0.15, 0.2) is 0 Å². The lowest BCUT2D eigenvalue weighted by Crippen LogP contribution is -2.14. The van der Waals surface area contributed by atoms with Crippen molar-refractivity contribution in [1.82, 2.24) is 9.55 Å². The molecule has 1 N–H and O–H groups in total. The van der Waals surface area contributed by atoms with Gasteiger partial charge >= 0.3 is 0 Å². The van der Waals surface area contributed by atoms with Gasteiger partial charge in [-0.15, -0.1) is 11.3 Å². The highest BCUT2D eigenvalue weighted by atomic mass is 32.1. The number of nitrogens with zero attached hydrogens (tertiary/aromatic N) is 2. The first-order chi connectivity index (χ1) is 9.10. The summed E-state index contributed by atoms with van der Waals surface area (Å²) >= 11 is 1.80. The van der Waals surface area contributed by atoms with Crippen LogP contribution in [-0.4, -0.2) is 9.55 Å². The predicted molar refractivity (Wildman–Crippen MR) is 82.8 cm³/mol. The summed E-state index contributed by atoms with van der Waals surface area (Å²) in [4.78, 5) is 5.99. The molecule has 0 spiro atoms. The lowest BCUT2D eigenvalue weighted by atomic mass is 10.2. The zero-order valence-corrected chi connectivity index (χ0v) is 13.0. The maximum Gasteiger partial charge on any atom is 0.203 e. The van der Waals surface area contributed by atoms with Crippen molar-refractivity contribution >= 4 is 17.3 Å². The fraction of sp³-hybridized carbons (Fsp3) is 0.533. The molecule has 0 aliphatic carbocycles. The fourth-order valence-corrected chi connectivity index (χ4v) is 3.08. The number of hydrogen-bond donors (Lipinski definition) is 1. The molecule has 2 rings (SSSR count). The van der Waals surface area contributed by atoms with Crippen LogP contribution in [0.25, 0.3) is 0 Å². The summed E-state index contributed by atoms with van der Waals surface area (Å²) in [5, 5.41) is 5.72. The van der Waals surface area contributed by atoms with E-state index < -0.39 is 0 Å². The van der Waals surface area contributed by atoms with E-state index in [1.165, 1.54) is 4.88 Å². The van der Waals surface area contributed by atoms with Crippen molar-refractivity contribution in [1.29, 1.82) is 0 Å². The first-order valence-corrected chi connectivity index (χ1v) is 7.81. The monoisotopic (exact) mass is 277 g/mol. The third kappa shape index (κ3) is 3.60. The quantitative estimate of drug-likeness (QED) is 0.844. The van der Waals surface area contributed by atoms with Crippen LogP contribution < -0.4 is 5.32 Å². The van der Waals surface area contributed by atoms with E-state index in [0.717, 1.165) is 24.6 Å². The van der Waals surface area contributed by atoms with Crippen LogP contribution in [0.5, 0.6) is 0 Å². The zero-order chi connectivity index (χ0) is 13.8. The molecule has 19 heavy (non-hydrogen) atoms. The normalized spacial score (nSPS) is 12.9. The molecule has 104 valence electrons. The van der Waals surface area contributed by atoms with Gasteiger partial charge in [0, 0.05) is 17.6 Å². The summed E-state index contributed by atoms with van der Waals surface area (Å²) in [6.07, 6.45) is 3.19. The van der Waals surface area contributed by atoms with Crippen LogP contribution in [0.2, 0.25) is 0 Å². The van der Waals surface area contributed by atoms with Crippen molar-refractivity contribution in [3.63, 3.8) is 0 Å². The second kappa shape index (κ2) is 6.24. The molecule has 2 aromatic heterocycles. The van der Waals surface area contributed by atoms with Crippen LogP contribution in [0.15, 0.2) is 23.7 Å². The van der Waals surface area contributed by atoms with Gasteiger partial charge in [-0.25, -0.2) is 4.98 Å². The second-order valence-corrected chi connectivity index (χ2v) is 6.35. The molecule has 0 amide bonds. The van der Waals surface area contributed by atoms with E-state index in [-0.39, 0.29) is 0 Å². The Morgan fingerprint density at radius 3 is 2.79 bits per heavy atom. The molecule has 0 bridgehead atoms. The van der Waals surface area contributed by atoms with Crippen LogP contribution in [0.3, 0.4) is 0 Å². The molecule has 0 fully saturated rings. The first kappa shape index (κ1) is 14.1. The van der Waals surface area contributed by atoms with Crippen LogP contribution in [-0.2, 0) is 6.54 Å². The third-order valence-corrected chi connectivity index (χ3v) is 4.04. The average Bonchev–Trinajstić information content (AvgIpc) is 2.95. The Morgan fingerprint density at radius 2 is 2.21 bits per heavy atom. The number of anilines is 1. The Hall–Kier alpha value is -1.29. The Labute approximate surface area is 119 Å². The molecule has 0 aliphatic heterocycles. The number of hydrogen-bond acceptors (Lipinski definition) is 3. The molecule has 1 unspecified atom stereocenters. The van der Waals surface area contributed by atoms with Crippen molar-refractivity contribution in [3.05, 3.63) is 34.3 Å². The maximum atomic E-state index is 4.62. The minimum Gasteiger partial charge on any atom is -0.348 e. The van der Waals surface area contributed by atoms with Crippen molar-refractivity contribution in [2.24, 2.45) is 5.92 Å². The average molecular weight is 277 g/mol. The molecule has 0 aromatic carbocycles. The molecule has 0 saturated carbocycles. The summed E-state index contributed by atoms with van der Waals surface area (Å²) in [6.45, 7) is 9.73. The van der Waals surface area contributed by atoms with Gasteiger partial charge in [-0.05, 0) is 30.7 Å². The molecule has 2 aromatic rings. The van der Waals surface area contributed by atoms with Crippen LogP contribution >= 0.6 is 11.3 Å². The van der Waals surface area contributed by atoms with E-state index in [0.29, 0.717) is 12.0 Å². The number of rotatable bonds is 6. The Morgan fingerprint density at radius 1 is 1.42 bits per heavy atom. The lowest BCUT2D eigenvalue weighted by molar-refractivity contribution is 0.523. The summed E-state index contributed by atoms with van der Waals surface area (Å²) in [5.74, 6) is 1.61. The van der Waals surface area contributed by atoms with Crippen LogP contribution in [0.1, 0.15) is 43.8 Å². The SMILES string of the molecule is CCC(Nc1nc(C)cn1CC(C)C)c1cccs1. The van der Waals surface area contributed by atoms with Gasteiger partial charge in [0.1, 0.15) is 0 Å². The molecule has 0 radical (unpaired) electrons. The largest absolute Gasteiger partial charge is 0.348 e. The summed E-state index contributed by atoms with van der Waals surface area (Å²) in [7, 11) is 0. The third-order valence-electron chi connectivity index (χ3n) is 3.06. The topological polar surface area (TPSA) is 29.9 Å².